The number of hydrogen-bond donors (Lipinski definition) is 1. The summed E-state index contributed by atoms with van der Waals surface area (Å²) >= 11 is 0. The molecular weight excluding hydrogens is 348 g/mol. The van der Waals surface area contributed by atoms with Gasteiger partial charge in [0, 0.05) is 0 Å². The van der Waals surface area contributed by atoms with Crippen molar-refractivity contribution in [3.63, 3.8) is 0 Å². The summed E-state index contributed by atoms with van der Waals surface area (Å²) < 4.78 is 24.7. The van der Waals surface area contributed by atoms with E-state index < -0.39 is 9.84 Å². The standard InChI is InChI=1S/C21H24O4S/c1-15(18-7-4-16(5-8-18)14-25-22)12-17-6-9-20-19(13-17)21(2,3)10-11-26(20,23)24/h4-9,12-13,22H,10-11,14H2,1-3H3/b15-12-. The first-order chi connectivity index (χ1) is 12.2. The molecule has 4 nitrogen and oxygen atoms in total. The smallest absolute Gasteiger partial charge is 0.178 e. The molecule has 0 unspecified atom stereocenters. The Bertz CT molecular complexity index is 938. The van der Waals surface area contributed by atoms with Crippen molar-refractivity contribution in [2.45, 2.75) is 44.1 Å². The van der Waals surface area contributed by atoms with Crippen LogP contribution in [0.2, 0.25) is 0 Å². The number of fused-ring (bicyclic) bond motifs is 1. The molecule has 1 aliphatic rings. The van der Waals surface area contributed by atoms with E-state index in [9.17, 15) is 8.42 Å². The molecule has 5 heteroatoms. The average Bonchev–Trinajstić information content (AvgIpc) is 2.60. The van der Waals surface area contributed by atoms with Crippen molar-refractivity contribution in [1.29, 1.82) is 0 Å². The van der Waals surface area contributed by atoms with E-state index in [-0.39, 0.29) is 17.8 Å². The van der Waals surface area contributed by atoms with Gasteiger partial charge in [-0.2, -0.15) is 0 Å². The Morgan fingerprint density at radius 1 is 1.19 bits per heavy atom. The number of allylic oxidation sites excluding steroid dienone is 1. The van der Waals surface area contributed by atoms with Gasteiger partial charge in [-0.1, -0.05) is 50.3 Å². The Labute approximate surface area is 155 Å². The first kappa shape index (κ1) is 18.8. The zero-order chi connectivity index (χ0) is 18.9. The second-order valence-corrected chi connectivity index (χ2v) is 9.58. The molecule has 0 radical (unpaired) electrons. The lowest BCUT2D eigenvalue weighted by atomic mass is 9.81. The third-order valence-electron chi connectivity index (χ3n) is 5.09. The van der Waals surface area contributed by atoms with E-state index in [1.165, 1.54) is 0 Å². The molecule has 0 aliphatic carbocycles. The van der Waals surface area contributed by atoms with Gasteiger partial charge in [0.2, 0.25) is 0 Å². The highest BCUT2D eigenvalue weighted by Gasteiger charge is 2.35. The highest BCUT2D eigenvalue weighted by molar-refractivity contribution is 7.91. The van der Waals surface area contributed by atoms with Gasteiger partial charge in [-0.05, 0) is 58.7 Å². The van der Waals surface area contributed by atoms with Crippen LogP contribution in [0, 0.1) is 0 Å². The Balaban J connectivity index is 1.96. The molecular formula is C21H24O4S. The van der Waals surface area contributed by atoms with Gasteiger partial charge in [0.15, 0.2) is 9.84 Å². The molecule has 0 bridgehead atoms. The molecule has 1 N–H and O–H groups in total. The van der Waals surface area contributed by atoms with Crippen molar-refractivity contribution in [1.82, 2.24) is 0 Å². The summed E-state index contributed by atoms with van der Waals surface area (Å²) in [5, 5.41) is 8.51. The fourth-order valence-electron chi connectivity index (χ4n) is 3.34. The SMILES string of the molecule is C/C(=C/c1ccc2c(c1)C(C)(C)CCS2(=O)=O)c1ccc(COO)cc1. The summed E-state index contributed by atoms with van der Waals surface area (Å²) in [6.07, 6.45) is 2.71. The fraction of sp³-hybridized carbons (Fsp3) is 0.333. The van der Waals surface area contributed by atoms with E-state index in [1.807, 2.05) is 43.3 Å². The Hall–Kier alpha value is -1.95. The summed E-state index contributed by atoms with van der Waals surface area (Å²) in [4.78, 5) is 4.62. The number of rotatable bonds is 4. The van der Waals surface area contributed by atoms with Crippen molar-refractivity contribution in [2.75, 3.05) is 5.75 Å². The topological polar surface area (TPSA) is 63.6 Å². The molecule has 3 rings (SSSR count). The van der Waals surface area contributed by atoms with E-state index in [4.69, 9.17) is 5.26 Å². The van der Waals surface area contributed by atoms with Gasteiger partial charge in [-0.15, -0.1) is 0 Å². The monoisotopic (exact) mass is 372 g/mol. The minimum Gasteiger partial charge on any atom is -0.251 e. The minimum atomic E-state index is -3.17. The zero-order valence-electron chi connectivity index (χ0n) is 15.3. The van der Waals surface area contributed by atoms with Crippen molar-refractivity contribution in [2.24, 2.45) is 0 Å². The van der Waals surface area contributed by atoms with Gasteiger partial charge >= 0.3 is 0 Å². The van der Waals surface area contributed by atoms with Crippen LogP contribution in [0.5, 0.6) is 0 Å². The van der Waals surface area contributed by atoms with E-state index in [2.05, 4.69) is 24.8 Å². The van der Waals surface area contributed by atoms with Crippen molar-refractivity contribution in [3.8, 4) is 0 Å². The quantitative estimate of drug-likeness (QED) is 0.480. The molecule has 0 atom stereocenters. The predicted molar refractivity (Wildman–Crippen MR) is 104 cm³/mol. The molecule has 1 heterocycles. The lowest BCUT2D eigenvalue weighted by Crippen LogP contribution is -2.30. The maximum Gasteiger partial charge on any atom is 0.178 e. The maximum absolute atomic E-state index is 12.4. The van der Waals surface area contributed by atoms with Crippen LogP contribution in [-0.4, -0.2) is 19.4 Å². The van der Waals surface area contributed by atoms with Crippen molar-refractivity contribution in [3.05, 3.63) is 64.7 Å². The van der Waals surface area contributed by atoms with Crippen molar-refractivity contribution >= 4 is 21.5 Å². The van der Waals surface area contributed by atoms with Crippen LogP contribution in [0.1, 0.15) is 49.4 Å². The van der Waals surface area contributed by atoms with Gasteiger partial charge in [-0.3, -0.25) is 5.26 Å². The van der Waals surface area contributed by atoms with Crippen molar-refractivity contribution < 1.29 is 18.6 Å². The van der Waals surface area contributed by atoms with E-state index in [0.29, 0.717) is 11.3 Å². The largest absolute Gasteiger partial charge is 0.251 e. The van der Waals surface area contributed by atoms with Gasteiger partial charge in [0.05, 0.1) is 10.6 Å². The second-order valence-electron chi connectivity index (χ2n) is 7.51. The van der Waals surface area contributed by atoms with E-state index in [0.717, 1.165) is 27.8 Å². The molecule has 1 aliphatic heterocycles. The summed E-state index contributed by atoms with van der Waals surface area (Å²) in [5.74, 6) is 0.213. The van der Waals surface area contributed by atoms with E-state index in [1.54, 1.807) is 6.07 Å². The lowest BCUT2D eigenvalue weighted by molar-refractivity contribution is -0.253. The highest BCUT2D eigenvalue weighted by Crippen LogP contribution is 2.39. The molecule has 2 aromatic rings. The third kappa shape index (κ3) is 3.75. The Morgan fingerprint density at radius 2 is 1.88 bits per heavy atom. The highest BCUT2D eigenvalue weighted by atomic mass is 32.2. The van der Waals surface area contributed by atoms with Crippen LogP contribution in [0.15, 0.2) is 47.4 Å². The molecule has 2 aromatic carbocycles. The molecule has 0 saturated carbocycles. The first-order valence-corrected chi connectivity index (χ1v) is 10.3. The van der Waals surface area contributed by atoms with Crippen LogP contribution >= 0.6 is 0 Å². The zero-order valence-corrected chi connectivity index (χ0v) is 16.1. The summed E-state index contributed by atoms with van der Waals surface area (Å²) in [5.41, 5.74) is 4.79. The molecule has 0 amide bonds. The van der Waals surface area contributed by atoms with Gasteiger partial charge < -0.3 is 0 Å². The minimum absolute atomic E-state index is 0.148. The Kier molecular flexibility index (Phi) is 5.06. The van der Waals surface area contributed by atoms with Crippen LogP contribution in [0.4, 0.5) is 0 Å². The normalized spacial score (nSPS) is 18.4. The summed E-state index contributed by atoms with van der Waals surface area (Å²) in [7, 11) is -3.17. The number of hydrogen-bond acceptors (Lipinski definition) is 4. The summed E-state index contributed by atoms with van der Waals surface area (Å²) in [6.45, 7) is 6.39. The van der Waals surface area contributed by atoms with Gasteiger partial charge in [0.1, 0.15) is 6.61 Å². The van der Waals surface area contributed by atoms with Crippen LogP contribution < -0.4 is 0 Å². The predicted octanol–water partition coefficient (Wildman–Crippen LogP) is 4.69. The average molecular weight is 372 g/mol. The van der Waals surface area contributed by atoms with Gasteiger partial charge in [0.25, 0.3) is 0 Å². The van der Waals surface area contributed by atoms with Crippen LogP contribution in [0.25, 0.3) is 11.6 Å². The number of benzene rings is 2. The first-order valence-electron chi connectivity index (χ1n) is 8.64. The molecule has 26 heavy (non-hydrogen) atoms. The van der Waals surface area contributed by atoms with Gasteiger partial charge in [-0.25, -0.2) is 13.3 Å². The summed E-state index contributed by atoms with van der Waals surface area (Å²) in [6, 6.07) is 13.4. The van der Waals surface area contributed by atoms with Crippen LogP contribution in [0.3, 0.4) is 0 Å². The van der Waals surface area contributed by atoms with E-state index >= 15 is 0 Å². The molecule has 0 saturated heterocycles. The van der Waals surface area contributed by atoms with Crippen LogP contribution in [-0.2, 0) is 26.7 Å². The number of sulfone groups is 1. The molecule has 138 valence electrons. The maximum atomic E-state index is 12.4. The third-order valence-corrected chi connectivity index (χ3v) is 6.85. The fourth-order valence-corrected chi connectivity index (χ4v) is 5.29. The second kappa shape index (κ2) is 6.99. The Morgan fingerprint density at radius 3 is 2.54 bits per heavy atom. The lowest BCUT2D eigenvalue weighted by Gasteiger charge is -2.32. The molecule has 0 aromatic heterocycles. The molecule has 0 fully saturated rings. The molecule has 0 spiro atoms.